The molecule has 0 fully saturated rings. The van der Waals surface area contributed by atoms with Crippen LogP contribution < -0.4 is 15.2 Å². The Kier molecular flexibility index (Phi) is 4.61. The Balaban J connectivity index is 2.40. The van der Waals surface area contributed by atoms with Crippen LogP contribution in [0.1, 0.15) is 5.56 Å². The number of nitrogen functional groups attached to an aromatic ring is 1. The van der Waals surface area contributed by atoms with Crippen molar-refractivity contribution in [3.63, 3.8) is 0 Å². The second kappa shape index (κ2) is 6.23. The number of hydrogen-bond donors (Lipinski definition) is 2. The van der Waals surface area contributed by atoms with Gasteiger partial charge in [-0.25, -0.2) is 4.98 Å². The number of ether oxygens (including phenoxy) is 2. The van der Waals surface area contributed by atoms with Gasteiger partial charge in [0, 0.05) is 6.20 Å². The van der Waals surface area contributed by atoms with Gasteiger partial charge in [-0.05, 0) is 56.1 Å². The van der Waals surface area contributed by atoms with Crippen LogP contribution in [0.15, 0.2) is 39.4 Å². The van der Waals surface area contributed by atoms with E-state index in [9.17, 15) is 0 Å². The number of aromatic nitrogens is 1. The third-order valence-corrected chi connectivity index (χ3v) is 3.71. The van der Waals surface area contributed by atoms with Gasteiger partial charge in [0.1, 0.15) is 17.3 Å². The van der Waals surface area contributed by atoms with Crippen molar-refractivity contribution >= 4 is 37.7 Å². The van der Waals surface area contributed by atoms with Crippen molar-refractivity contribution < 1.29 is 9.47 Å². The highest BCUT2D eigenvalue weighted by Gasteiger charge is 2.13. The zero-order valence-electron chi connectivity index (χ0n) is 10.5. The first-order valence-corrected chi connectivity index (χ1v) is 7.12. The molecule has 1 heterocycles. The fraction of sp³-hybridized carbons (Fsp3) is 0.0769. The molecule has 0 saturated heterocycles. The van der Waals surface area contributed by atoms with Gasteiger partial charge in [-0.1, -0.05) is 0 Å². The molecule has 2 aromatic rings. The Morgan fingerprint density at radius 1 is 1.25 bits per heavy atom. The average Bonchev–Trinajstić information content (AvgIpc) is 2.42. The van der Waals surface area contributed by atoms with Crippen LogP contribution in [0.2, 0.25) is 0 Å². The summed E-state index contributed by atoms with van der Waals surface area (Å²) in [6.07, 6.45) is 1.58. The van der Waals surface area contributed by atoms with E-state index < -0.39 is 0 Å². The smallest absolute Gasteiger partial charge is 0.230 e. The van der Waals surface area contributed by atoms with Crippen molar-refractivity contribution in [3.8, 4) is 17.4 Å². The van der Waals surface area contributed by atoms with E-state index in [2.05, 4.69) is 36.8 Å². The summed E-state index contributed by atoms with van der Waals surface area (Å²) in [6, 6.07) is 6.90. The van der Waals surface area contributed by atoms with Crippen molar-refractivity contribution in [1.82, 2.24) is 4.98 Å². The lowest BCUT2D eigenvalue weighted by Gasteiger charge is -2.12. The number of halogens is 2. The van der Waals surface area contributed by atoms with E-state index in [1.165, 1.54) is 0 Å². The van der Waals surface area contributed by atoms with Crippen molar-refractivity contribution in [3.05, 3.63) is 45.0 Å². The van der Waals surface area contributed by atoms with E-state index in [0.29, 0.717) is 21.5 Å². The summed E-state index contributed by atoms with van der Waals surface area (Å²) < 4.78 is 12.4. The minimum absolute atomic E-state index is 0.100. The molecule has 0 radical (unpaired) electrons. The molecule has 0 atom stereocenters. The van der Waals surface area contributed by atoms with E-state index in [1.807, 2.05) is 0 Å². The molecule has 20 heavy (non-hydrogen) atoms. The van der Waals surface area contributed by atoms with E-state index in [0.717, 1.165) is 4.47 Å². The largest absolute Gasteiger partial charge is 0.496 e. The molecule has 0 aliphatic heterocycles. The number of nitrogens with zero attached hydrogens (tertiary/aromatic N) is 1. The van der Waals surface area contributed by atoms with Crippen LogP contribution in [-0.4, -0.2) is 17.9 Å². The summed E-state index contributed by atoms with van der Waals surface area (Å²) in [4.78, 5) is 4.10. The molecule has 0 saturated carbocycles. The Bertz CT molecular complexity index is 662. The van der Waals surface area contributed by atoms with Crippen LogP contribution in [-0.2, 0) is 0 Å². The molecule has 0 aliphatic carbocycles. The highest BCUT2D eigenvalue weighted by Crippen LogP contribution is 2.38. The number of amidine groups is 1. The molecular weight excluding hydrogens is 390 g/mol. The molecule has 5 nitrogen and oxygen atoms in total. The lowest BCUT2D eigenvalue weighted by molar-refractivity contribution is 0.408. The first-order valence-electron chi connectivity index (χ1n) is 5.53. The third kappa shape index (κ3) is 3.10. The van der Waals surface area contributed by atoms with Crippen molar-refractivity contribution in [1.29, 1.82) is 5.41 Å². The lowest BCUT2D eigenvalue weighted by atomic mass is 10.2. The minimum Gasteiger partial charge on any atom is -0.496 e. The molecule has 104 valence electrons. The van der Waals surface area contributed by atoms with Crippen LogP contribution in [0, 0.1) is 5.41 Å². The van der Waals surface area contributed by atoms with Crippen LogP contribution in [0.3, 0.4) is 0 Å². The maximum Gasteiger partial charge on any atom is 0.230 e. The Morgan fingerprint density at radius 2 is 1.90 bits per heavy atom. The molecule has 3 N–H and O–H groups in total. The molecule has 1 aromatic carbocycles. The Labute approximate surface area is 132 Å². The second-order valence-corrected chi connectivity index (χ2v) is 5.50. The highest BCUT2D eigenvalue weighted by molar-refractivity contribution is 9.11. The highest BCUT2D eigenvalue weighted by atomic mass is 79.9. The molecule has 2 rings (SSSR count). The summed E-state index contributed by atoms with van der Waals surface area (Å²) in [5.74, 6) is 1.39. The molecule has 0 aliphatic rings. The van der Waals surface area contributed by atoms with Gasteiger partial charge in [-0.3, -0.25) is 5.41 Å². The van der Waals surface area contributed by atoms with E-state index in [1.54, 1.807) is 37.6 Å². The first kappa shape index (κ1) is 14.8. The standard InChI is InChI=1S/C13H11Br2N3O2/c1-19-10-5-9(15)11(6-8(10)14)20-13-7(12(16)17)3-2-4-18-13/h2-6H,1H3,(H3,16,17). The SMILES string of the molecule is COc1cc(Br)c(Oc2ncccc2C(=N)N)cc1Br. The van der Waals surface area contributed by atoms with Gasteiger partial charge < -0.3 is 15.2 Å². The zero-order chi connectivity index (χ0) is 14.7. The van der Waals surface area contributed by atoms with Crippen LogP contribution in [0.25, 0.3) is 0 Å². The normalized spacial score (nSPS) is 10.2. The van der Waals surface area contributed by atoms with Crippen LogP contribution >= 0.6 is 31.9 Å². The van der Waals surface area contributed by atoms with Gasteiger partial charge in [-0.2, -0.15) is 0 Å². The second-order valence-electron chi connectivity index (χ2n) is 3.79. The Hall–Kier alpha value is -1.60. The van der Waals surface area contributed by atoms with E-state index >= 15 is 0 Å². The van der Waals surface area contributed by atoms with Crippen molar-refractivity contribution in [2.45, 2.75) is 0 Å². The number of hydrogen-bond acceptors (Lipinski definition) is 4. The molecule has 0 amide bonds. The summed E-state index contributed by atoms with van der Waals surface area (Å²) in [6.45, 7) is 0. The molecule has 7 heteroatoms. The maximum atomic E-state index is 7.52. The number of pyridine rings is 1. The Morgan fingerprint density at radius 3 is 2.55 bits per heavy atom. The first-order chi connectivity index (χ1) is 9.52. The third-order valence-electron chi connectivity index (χ3n) is 2.47. The number of nitrogens with one attached hydrogen (secondary N) is 1. The average molecular weight is 401 g/mol. The fourth-order valence-electron chi connectivity index (χ4n) is 1.53. The van der Waals surface area contributed by atoms with Gasteiger partial charge >= 0.3 is 0 Å². The van der Waals surface area contributed by atoms with E-state index in [-0.39, 0.29) is 11.7 Å². The van der Waals surface area contributed by atoms with E-state index in [4.69, 9.17) is 20.6 Å². The predicted molar refractivity (Wildman–Crippen MR) is 83.7 cm³/mol. The fourth-order valence-corrected chi connectivity index (χ4v) is 2.41. The number of nitrogens with two attached hydrogens (primary N) is 1. The van der Waals surface area contributed by atoms with Crippen LogP contribution in [0.4, 0.5) is 0 Å². The topological polar surface area (TPSA) is 81.2 Å². The van der Waals surface area contributed by atoms with Crippen LogP contribution in [0.5, 0.6) is 17.4 Å². The summed E-state index contributed by atoms with van der Waals surface area (Å²) in [7, 11) is 1.58. The minimum atomic E-state index is -0.100. The summed E-state index contributed by atoms with van der Waals surface area (Å²) >= 11 is 6.79. The van der Waals surface area contributed by atoms with Gasteiger partial charge in [-0.15, -0.1) is 0 Å². The van der Waals surface area contributed by atoms with Gasteiger partial charge in [0.2, 0.25) is 5.88 Å². The van der Waals surface area contributed by atoms with Crippen molar-refractivity contribution in [2.75, 3.05) is 7.11 Å². The predicted octanol–water partition coefficient (Wildman–Crippen LogP) is 3.69. The molecular formula is C13H11Br2N3O2. The quantitative estimate of drug-likeness (QED) is 0.605. The summed E-state index contributed by atoms with van der Waals surface area (Å²) in [5, 5.41) is 7.52. The monoisotopic (exact) mass is 399 g/mol. The number of benzene rings is 1. The summed E-state index contributed by atoms with van der Waals surface area (Å²) in [5.41, 5.74) is 5.94. The zero-order valence-corrected chi connectivity index (χ0v) is 13.7. The van der Waals surface area contributed by atoms with Gasteiger partial charge in [0.25, 0.3) is 0 Å². The number of methoxy groups -OCH3 is 1. The molecule has 0 bridgehead atoms. The maximum absolute atomic E-state index is 7.52. The molecule has 1 aromatic heterocycles. The van der Waals surface area contributed by atoms with Gasteiger partial charge in [0.05, 0.1) is 21.6 Å². The van der Waals surface area contributed by atoms with Crippen molar-refractivity contribution in [2.24, 2.45) is 5.73 Å². The molecule has 0 unspecified atom stereocenters. The number of rotatable bonds is 4. The molecule has 0 spiro atoms. The van der Waals surface area contributed by atoms with Gasteiger partial charge in [0.15, 0.2) is 0 Å². The lowest BCUT2D eigenvalue weighted by Crippen LogP contribution is -2.12.